The predicted molar refractivity (Wildman–Crippen MR) is 69.8 cm³/mol. The summed E-state index contributed by atoms with van der Waals surface area (Å²) in [5.41, 5.74) is -0.169. The van der Waals surface area contributed by atoms with E-state index in [1.54, 1.807) is 0 Å². The number of nitrogens with zero attached hydrogens (tertiary/aromatic N) is 1. The number of piperidine rings is 2. The minimum absolute atomic E-state index is 0.169. The molecule has 0 aromatic rings. The van der Waals surface area contributed by atoms with Crippen LogP contribution in [0.5, 0.6) is 0 Å². The van der Waals surface area contributed by atoms with Crippen molar-refractivity contribution in [1.29, 1.82) is 0 Å². The maximum absolute atomic E-state index is 12.8. The van der Waals surface area contributed by atoms with Crippen LogP contribution in [0, 0.1) is 5.41 Å². The van der Waals surface area contributed by atoms with Crippen LogP contribution in [0.1, 0.15) is 52.9 Å². The fraction of sp³-hybridized carbons (Fsp3) is 0.929. The van der Waals surface area contributed by atoms with Crippen molar-refractivity contribution < 1.29 is 4.79 Å². The minimum atomic E-state index is -0.169. The van der Waals surface area contributed by atoms with Gasteiger partial charge in [-0.25, -0.2) is 0 Å². The average molecular weight is 238 g/mol. The second-order valence-electron chi connectivity index (χ2n) is 6.18. The molecule has 2 aliphatic heterocycles. The van der Waals surface area contributed by atoms with E-state index in [2.05, 4.69) is 31.0 Å². The standard InChI is InChI=1S/C14H26N2O/c1-11-6-4-7-12(2)16(11)13(17)14(3)8-5-9-15-10-14/h11-12,15H,4-10H2,1-3H3. The topological polar surface area (TPSA) is 32.3 Å². The van der Waals surface area contributed by atoms with Crippen LogP contribution in [0.3, 0.4) is 0 Å². The van der Waals surface area contributed by atoms with Gasteiger partial charge in [-0.3, -0.25) is 4.79 Å². The highest BCUT2D eigenvalue weighted by Gasteiger charge is 2.41. The molecule has 0 aromatic heterocycles. The van der Waals surface area contributed by atoms with Crippen molar-refractivity contribution >= 4 is 5.91 Å². The highest BCUT2D eigenvalue weighted by Crippen LogP contribution is 2.33. The van der Waals surface area contributed by atoms with E-state index in [0.29, 0.717) is 18.0 Å². The van der Waals surface area contributed by atoms with Gasteiger partial charge in [-0.2, -0.15) is 0 Å². The normalized spacial score (nSPS) is 39.1. The summed E-state index contributed by atoms with van der Waals surface area (Å²) in [6.45, 7) is 8.45. The predicted octanol–water partition coefficient (Wildman–Crippen LogP) is 2.17. The first-order valence-electron chi connectivity index (χ1n) is 7.08. The van der Waals surface area contributed by atoms with E-state index in [1.165, 1.54) is 19.3 Å². The Bertz CT molecular complexity index is 274. The van der Waals surface area contributed by atoms with Crippen LogP contribution in [-0.2, 0) is 4.79 Å². The van der Waals surface area contributed by atoms with Crippen molar-refractivity contribution in [1.82, 2.24) is 10.2 Å². The van der Waals surface area contributed by atoms with Crippen molar-refractivity contribution in [3.8, 4) is 0 Å². The molecule has 1 amide bonds. The van der Waals surface area contributed by atoms with E-state index in [9.17, 15) is 4.79 Å². The van der Waals surface area contributed by atoms with E-state index in [1.807, 2.05) is 0 Å². The molecule has 1 N–H and O–H groups in total. The molecule has 2 saturated heterocycles. The van der Waals surface area contributed by atoms with E-state index in [-0.39, 0.29) is 5.41 Å². The van der Waals surface area contributed by atoms with Gasteiger partial charge in [0, 0.05) is 18.6 Å². The van der Waals surface area contributed by atoms with Crippen LogP contribution in [-0.4, -0.2) is 36.0 Å². The summed E-state index contributed by atoms with van der Waals surface area (Å²) in [4.78, 5) is 14.9. The SMILES string of the molecule is CC1CCCC(C)N1C(=O)C1(C)CCCNC1. The summed E-state index contributed by atoms with van der Waals surface area (Å²) in [6, 6.07) is 0.843. The molecule has 2 fully saturated rings. The molecule has 98 valence electrons. The van der Waals surface area contributed by atoms with Gasteiger partial charge in [0.15, 0.2) is 0 Å². The first-order chi connectivity index (χ1) is 8.04. The molecule has 2 heterocycles. The van der Waals surface area contributed by atoms with Crippen molar-refractivity contribution in [2.45, 2.75) is 65.0 Å². The van der Waals surface area contributed by atoms with Crippen LogP contribution in [0.4, 0.5) is 0 Å². The van der Waals surface area contributed by atoms with Gasteiger partial charge in [0.25, 0.3) is 0 Å². The second-order valence-corrected chi connectivity index (χ2v) is 6.18. The minimum Gasteiger partial charge on any atom is -0.337 e. The Morgan fingerprint density at radius 1 is 1.24 bits per heavy atom. The van der Waals surface area contributed by atoms with Crippen molar-refractivity contribution in [3.05, 3.63) is 0 Å². The summed E-state index contributed by atoms with van der Waals surface area (Å²) in [6.07, 6.45) is 5.76. The third-order valence-electron chi connectivity index (χ3n) is 4.54. The molecule has 0 radical (unpaired) electrons. The fourth-order valence-electron chi connectivity index (χ4n) is 3.37. The monoisotopic (exact) mass is 238 g/mol. The third-order valence-corrected chi connectivity index (χ3v) is 4.54. The van der Waals surface area contributed by atoms with Gasteiger partial charge in [-0.05, 0) is 59.4 Å². The molecule has 3 nitrogen and oxygen atoms in total. The first-order valence-corrected chi connectivity index (χ1v) is 7.08. The van der Waals surface area contributed by atoms with Crippen molar-refractivity contribution in [2.75, 3.05) is 13.1 Å². The maximum atomic E-state index is 12.8. The largest absolute Gasteiger partial charge is 0.337 e. The molecule has 17 heavy (non-hydrogen) atoms. The third kappa shape index (κ3) is 2.49. The first kappa shape index (κ1) is 12.9. The van der Waals surface area contributed by atoms with Gasteiger partial charge >= 0.3 is 0 Å². The molecule has 0 aromatic carbocycles. The summed E-state index contributed by atoms with van der Waals surface area (Å²) in [7, 11) is 0. The van der Waals surface area contributed by atoms with Gasteiger partial charge in [0.1, 0.15) is 0 Å². The van der Waals surface area contributed by atoms with E-state index >= 15 is 0 Å². The maximum Gasteiger partial charge on any atom is 0.230 e. The average Bonchev–Trinajstić information content (AvgIpc) is 2.29. The van der Waals surface area contributed by atoms with E-state index in [4.69, 9.17) is 0 Å². The highest BCUT2D eigenvalue weighted by molar-refractivity contribution is 5.83. The summed E-state index contributed by atoms with van der Waals surface area (Å²) >= 11 is 0. The number of rotatable bonds is 1. The molecule has 3 unspecified atom stereocenters. The van der Waals surface area contributed by atoms with Gasteiger partial charge in [-0.1, -0.05) is 0 Å². The number of carbonyl (C=O) groups excluding carboxylic acids is 1. The smallest absolute Gasteiger partial charge is 0.230 e. The van der Waals surface area contributed by atoms with E-state index < -0.39 is 0 Å². The Morgan fingerprint density at radius 2 is 1.88 bits per heavy atom. The number of hydrogen-bond donors (Lipinski definition) is 1. The van der Waals surface area contributed by atoms with Crippen LogP contribution < -0.4 is 5.32 Å². The zero-order valence-electron chi connectivity index (χ0n) is 11.5. The lowest BCUT2D eigenvalue weighted by Gasteiger charge is -2.45. The highest BCUT2D eigenvalue weighted by atomic mass is 16.2. The number of amides is 1. The Balaban J connectivity index is 2.11. The number of likely N-dealkylation sites (tertiary alicyclic amines) is 1. The van der Waals surface area contributed by atoms with E-state index in [0.717, 1.165) is 25.9 Å². The van der Waals surface area contributed by atoms with Crippen molar-refractivity contribution in [2.24, 2.45) is 5.41 Å². The van der Waals surface area contributed by atoms with Gasteiger partial charge < -0.3 is 10.2 Å². The van der Waals surface area contributed by atoms with Crippen LogP contribution in [0.15, 0.2) is 0 Å². The molecule has 3 heteroatoms. The van der Waals surface area contributed by atoms with Gasteiger partial charge in [-0.15, -0.1) is 0 Å². The molecule has 0 aliphatic carbocycles. The summed E-state index contributed by atoms with van der Waals surface area (Å²) in [5, 5.41) is 3.38. The summed E-state index contributed by atoms with van der Waals surface area (Å²) in [5.74, 6) is 0.379. The van der Waals surface area contributed by atoms with Gasteiger partial charge in [0.2, 0.25) is 5.91 Å². The number of carbonyl (C=O) groups is 1. The Morgan fingerprint density at radius 3 is 2.41 bits per heavy atom. The number of nitrogens with one attached hydrogen (secondary N) is 1. The lowest BCUT2D eigenvalue weighted by molar-refractivity contribution is -0.148. The quantitative estimate of drug-likeness (QED) is 0.759. The molecule has 2 aliphatic rings. The number of hydrogen-bond acceptors (Lipinski definition) is 2. The molecule has 2 rings (SSSR count). The van der Waals surface area contributed by atoms with Crippen LogP contribution >= 0.6 is 0 Å². The lowest BCUT2D eigenvalue weighted by atomic mass is 9.80. The Hall–Kier alpha value is -0.570. The molecule has 0 saturated carbocycles. The Kier molecular flexibility index (Phi) is 3.76. The zero-order valence-corrected chi connectivity index (χ0v) is 11.5. The second kappa shape index (κ2) is 4.97. The lowest BCUT2D eigenvalue weighted by Crippen LogP contribution is -2.56. The summed E-state index contributed by atoms with van der Waals surface area (Å²) < 4.78 is 0. The van der Waals surface area contributed by atoms with Crippen LogP contribution in [0.2, 0.25) is 0 Å². The molecule has 0 spiro atoms. The fourth-order valence-corrected chi connectivity index (χ4v) is 3.37. The molecular formula is C14H26N2O. The zero-order chi connectivity index (χ0) is 12.5. The van der Waals surface area contributed by atoms with Gasteiger partial charge in [0.05, 0.1) is 5.41 Å². The van der Waals surface area contributed by atoms with Crippen molar-refractivity contribution in [3.63, 3.8) is 0 Å². The molecule has 0 bridgehead atoms. The molecular weight excluding hydrogens is 212 g/mol. The van der Waals surface area contributed by atoms with Crippen LogP contribution in [0.25, 0.3) is 0 Å². The molecule has 3 atom stereocenters. The Labute approximate surface area is 105 Å².